The van der Waals surface area contributed by atoms with Crippen molar-refractivity contribution >= 4 is 33.1 Å². The average molecular weight is 1150 g/mol. The summed E-state index contributed by atoms with van der Waals surface area (Å²) in [4.78, 5) is 0. The minimum atomic E-state index is -0.476. The van der Waals surface area contributed by atoms with Gasteiger partial charge >= 0.3 is 0 Å². The maximum atomic E-state index is 6.12. The van der Waals surface area contributed by atoms with Gasteiger partial charge in [0.15, 0.2) is 0 Å². The van der Waals surface area contributed by atoms with Crippen LogP contribution in [0.4, 0.5) is 0 Å². The zero-order chi connectivity index (χ0) is 61.6. The van der Waals surface area contributed by atoms with Crippen LogP contribution < -0.4 is 0 Å². The summed E-state index contributed by atoms with van der Waals surface area (Å²) in [5.74, 6) is 0.627. The van der Waals surface area contributed by atoms with Crippen LogP contribution in [0.3, 0.4) is 0 Å². The summed E-state index contributed by atoms with van der Waals surface area (Å²) in [6.07, 6.45) is 27.7. The van der Waals surface area contributed by atoms with Crippen molar-refractivity contribution < 1.29 is 4.42 Å². The molecule has 1 heteroatoms. The molecule has 10 aromatic rings. The first-order valence-electron chi connectivity index (χ1n) is 32.0. The molecular weight excluding hydrogens is 1060 g/mol. The highest BCUT2D eigenvalue weighted by Crippen LogP contribution is 2.56. The Kier molecular flexibility index (Phi) is 20.3. The normalized spacial score (nSPS) is 15.1. The Morgan fingerprint density at radius 1 is 0.602 bits per heavy atom. The standard InChI is InChI=1S/C41H38.C25H30.C21H18O/c1-6-10-19-35(15-7-2)41(36-20-12-11-13-21-36)39(9-4)37(16-8-3)38-29-34(26-27-40(38)41)32-24-22-31(23-25-32)33-18-14-17-30(5)28-33;1-5-9-19(3)22-11-6-7-12-24(22)25-20(4)10-8-13-23(25)21-16-14-18(2)15-17-21;1-2-6-15-11-13-16(14-12-15)17-8-5-9-19-18-7-3-4-10-20(18)22-21(17)19/h6,8-29H,1,4,7H2,2-3,5H3;6,8,10-11,13-17,19H,5,7,9,12H2,1-4H3;3-5,7-14H,2,6H2,1H3/b16-8-,19-10-,35-15+;;. The van der Waals surface area contributed by atoms with Crippen molar-refractivity contribution in [3.8, 4) is 44.5 Å². The lowest BCUT2D eigenvalue weighted by Crippen LogP contribution is -2.30. The lowest BCUT2D eigenvalue weighted by atomic mass is 9.66. The SMILES string of the molecule is C=C/C=C\C(=C/CC)C1(c2ccccc2)C(C=C)=C(/C=C\C)c2cc(-c3ccc(-c4cccc(C)c4)cc3)ccc21.CCCC(C)C1=C(c2c(C)cccc2-c2ccc(C)cc2)CCC=C1.CCCc1ccc(-c2cccc3c2oc2ccccc23)cc1. The molecule has 88 heavy (non-hydrogen) atoms. The third-order valence-corrected chi connectivity index (χ3v) is 17.6. The minimum absolute atomic E-state index is 0.476. The van der Waals surface area contributed by atoms with Gasteiger partial charge in [0.05, 0.1) is 5.41 Å². The molecule has 0 saturated carbocycles. The van der Waals surface area contributed by atoms with Crippen LogP contribution in [0.15, 0.2) is 295 Å². The molecule has 0 N–H and O–H groups in total. The molecule has 2 aliphatic rings. The predicted octanol–water partition coefficient (Wildman–Crippen LogP) is 24.9. The van der Waals surface area contributed by atoms with Gasteiger partial charge in [0.2, 0.25) is 0 Å². The van der Waals surface area contributed by atoms with E-state index in [9.17, 15) is 0 Å². The maximum Gasteiger partial charge on any atom is 0.143 e. The van der Waals surface area contributed by atoms with Gasteiger partial charge in [-0.25, -0.2) is 0 Å². The van der Waals surface area contributed by atoms with Crippen molar-refractivity contribution in [1.29, 1.82) is 0 Å². The first-order valence-corrected chi connectivity index (χ1v) is 32.0. The van der Waals surface area contributed by atoms with Crippen LogP contribution in [-0.2, 0) is 11.8 Å². The molecule has 9 aromatic carbocycles. The van der Waals surface area contributed by atoms with E-state index in [-0.39, 0.29) is 0 Å². The summed E-state index contributed by atoms with van der Waals surface area (Å²) in [5, 5.41) is 2.37. The molecule has 0 saturated heterocycles. The second-order valence-electron chi connectivity index (χ2n) is 23.7. The monoisotopic (exact) mass is 1150 g/mol. The fraction of sp³-hybridized carbons (Fsp3) is 0.195. The number of rotatable bonds is 17. The van der Waals surface area contributed by atoms with Gasteiger partial charge in [-0.2, -0.15) is 0 Å². The van der Waals surface area contributed by atoms with E-state index >= 15 is 0 Å². The molecule has 2 aliphatic carbocycles. The highest BCUT2D eigenvalue weighted by atomic mass is 16.3. The quantitative estimate of drug-likeness (QED) is 0.0828. The molecule has 2 unspecified atom stereocenters. The van der Waals surface area contributed by atoms with Crippen molar-refractivity contribution in [3.05, 3.63) is 335 Å². The molecule has 2 atom stereocenters. The summed E-state index contributed by atoms with van der Waals surface area (Å²) in [6.45, 7) is 26.1. The predicted molar refractivity (Wildman–Crippen MR) is 383 cm³/mol. The van der Waals surface area contributed by atoms with Crippen molar-refractivity contribution in [2.24, 2.45) is 5.92 Å². The fourth-order valence-electron chi connectivity index (χ4n) is 13.4. The van der Waals surface area contributed by atoms with E-state index in [0.717, 1.165) is 42.4 Å². The number of hydrogen-bond donors (Lipinski definition) is 0. The number of allylic oxidation sites excluding steroid dienone is 14. The minimum Gasteiger partial charge on any atom is -0.455 e. The van der Waals surface area contributed by atoms with Gasteiger partial charge in [0.25, 0.3) is 0 Å². The second kappa shape index (κ2) is 28.9. The van der Waals surface area contributed by atoms with Crippen LogP contribution in [0.5, 0.6) is 0 Å². The van der Waals surface area contributed by atoms with E-state index in [0.29, 0.717) is 5.92 Å². The molecule has 0 spiro atoms. The first-order chi connectivity index (χ1) is 43.1. The Morgan fingerprint density at radius 2 is 1.25 bits per heavy atom. The molecule has 1 aromatic heterocycles. The largest absolute Gasteiger partial charge is 0.455 e. The molecule has 0 aliphatic heterocycles. The molecule has 1 heterocycles. The number of fused-ring (bicyclic) bond motifs is 4. The zero-order valence-corrected chi connectivity index (χ0v) is 53.2. The second-order valence-corrected chi connectivity index (χ2v) is 23.7. The lowest BCUT2D eigenvalue weighted by molar-refractivity contribution is 0.610. The first kappa shape index (κ1) is 61.8. The summed E-state index contributed by atoms with van der Waals surface area (Å²) < 4.78 is 6.12. The topological polar surface area (TPSA) is 13.1 Å². The van der Waals surface area contributed by atoms with Crippen LogP contribution in [0.25, 0.3) is 77.6 Å². The molecule has 0 fully saturated rings. The van der Waals surface area contributed by atoms with E-state index in [1.807, 2.05) is 24.3 Å². The Balaban J connectivity index is 0.000000156. The van der Waals surface area contributed by atoms with Crippen molar-refractivity contribution in [1.82, 2.24) is 0 Å². The van der Waals surface area contributed by atoms with Crippen LogP contribution in [0.2, 0.25) is 0 Å². The van der Waals surface area contributed by atoms with Crippen LogP contribution >= 0.6 is 0 Å². The molecule has 0 radical (unpaired) electrons. The number of para-hydroxylation sites is 2. The third kappa shape index (κ3) is 13.0. The van der Waals surface area contributed by atoms with Gasteiger partial charge in [-0.3, -0.25) is 0 Å². The van der Waals surface area contributed by atoms with E-state index in [4.69, 9.17) is 4.42 Å². The molecular formula is C87H86O. The lowest BCUT2D eigenvalue weighted by Gasteiger charge is -2.36. The van der Waals surface area contributed by atoms with Crippen LogP contribution in [0, 0.1) is 26.7 Å². The summed E-state index contributed by atoms with van der Waals surface area (Å²) >= 11 is 0. The third-order valence-electron chi connectivity index (χ3n) is 17.6. The number of furan rings is 1. The van der Waals surface area contributed by atoms with Gasteiger partial charge < -0.3 is 4.42 Å². The van der Waals surface area contributed by atoms with E-state index in [1.54, 1.807) is 11.1 Å². The van der Waals surface area contributed by atoms with Crippen LogP contribution in [-0.4, -0.2) is 0 Å². The number of benzene rings is 9. The molecule has 0 bridgehead atoms. The zero-order valence-electron chi connectivity index (χ0n) is 53.2. The number of hydrogen-bond acceptors (Lipinski definition) is 1. The summed E-state index contributed by atoms with van der Waals surface area (Å²) in [6, 6.07) is 74.6. The van der Waals surface area contributed by atoms with Gasteiger partial charge in [-0.15, -0.1) is 0 Å². The fourth-order valence-corrected chi connectivity index (χ4v) is 13.4. The smallest absolute Gasteiger partial charge is 0.143 e. The van der Waals surface area contributed by atoms with E-state index < -0.39 is 5.41 Å². The van der Waals surface area contributed by atoms with Crippen LogP contribution in [0.1, 0.15) is 118 Å². The Labute approximate surface area is 526 Å². The molecule has 440 valence electrons. The van der Waals surface area contributed by atoms with Crippen molar-refractivity contribution in [3.63, 3.8) is 0 Å². The summed E-state index contributed by atoms with van der Waals surface area (Å²) in [7, 11) is 0. The molecule has 0 amide bonds. The average Bonchev–Trinajstić information content (AvgIpc) is 1.55. The van der Waals surface area contributed by atoms with Gasteiger partial charge in [-0.1, -0.05) is 314 Å². The Morgan fingerprint density at radius 3 is 1.94 bits per heavy atom. The maximum absolute atomic E-state index is 6.12. The van der Waals surface area contributed by atoms with Gasteiger partial charge in [-0.05, 0) is 178 Å². The number of aryl methyl sites for hydroxylation is 4. The van der Waals surface area contributed by atoms with E-state index in [2.05, 4.69) is 305 Å². The van der Waals surface area contributed by atoms with Crippen molar-refractivity contribution in [2.75, 3.05) is 0 Å². The van der Waals surface area contributed by atoms with E-state index in [1.165, 1.54) is 130 Å². The highest BCUT2D eigenvalue weighted by Gasteiger charge is 2.46. The van der Waals surface area contributed by atoms with Gasteiger partial charge in [0, 0.05) is 16.3 Å². The molecule has 1 nitrogen and oxygen atoms in total. The van der Waals surface area contributed by atoms with Gasteiger partial charge in [0.1, 0.15) is 11.2 Å². The Hall–Kier alpha value is -9.30. The molecule has 12 rings (SSSR count). The highest BCUT2D eigenvalue weighted by molar-refractivity contribution is 6.09. The van der Waals surface area contributed by atoms with Crippen molar-refractivity contribution in [2.45, 2.75) is 106 Å². The Bertz CT molecular complexity index is 4260. The summed E-state index contributed by atoms with van der Waals surface area (Å²) in [5.41, 5.74) is 28.8.